The van der Waals surface area contributed by atoms with Crippen molar-refractivity contribution in [2.24, 2.45) is 11.5 Å². The van der Waals surface area contributed by atoms with Crippen molar-refractivity contribution in [2.45, 2.75) is 44.2 Å². The molecule has 0 aliphatic carbocycles. The summed E-state index contributed by atoms with van der Waals surface area (Å²) in [5.41, 5.74) is 10.9. The van der Waals surface area contributed by atoms with Crippen LogP contribution in [0.1, 0.15) is 32.1 Å². The van der Waals surface area contributed by atoms with E-state index in [0.29, 0.717) is 19.4 Å². The lowest BCUT2D eigenvalue weighted by atomic mass is 10.1. The molecule has 11 N–H and O–H groups in total. The molecule has 0 heterocycles. The predicted molar refractivity (Wildman–Crippen MR) is 74.5 cm³/mol. The van der Waals surface area contributed by atoms with Crippen molar-refractivity contribution >= 4 is 17.8 Å². The van der Waals surface area contributed by atoms with Crippen molar-refractivity contribution in [1.29, 1.82) is 0 Å². The molecular formula is C11H25N3O7. The first kappa shape index (κ1) is 24.3. The first-order valence-corrected chi connectivity index (χ1v) is 6.09. The standard InChI is InChI=1S/C11H21N3O5.2H2O/c12-6-2-1-3-7(13)10(17)14-8(11(18)19)4-5-9(15)16;;/h7-8H,1-6,12-13H2,(H,14,17)(H,15,16)(H,18,19);2*1H2/t7-,8-;;/m0../s1. The Bertz CT molecular complexity index is 325. The molecule has 10 nitrogen and oxygen atoms in total. The highest BCUT2D eigenvalue weighted by Crippen LogP contribution is 2.02. The van der Waals surface area contributed by atoms with Crippen molar-refractivity contribution < 1.29 is 35.5 Å². The van der Waals surface area contributed by atoms with E-state index in [2.05, 4.69) is 5.32 Å². The van der Waals surface area contributed by atoms with Crippen LogP contribution >= 0.6 is 0 Å². The Kier molecular flexibility index (Phi) is 15.3. The number of hydrogen-bond acceptors (Lipinski definition) is 5. The summed E-state index contributed by atoms with van der Waals surface area (Å²) in [6, 6.07) is -2.04. The molecular weight excluding hydrogens is 286 g/mol. The van der Waals surface area contributed by atoms with Gasteiger partial charge in [0, 0.05) is 6.42 Å². The number of carbonyl (C=O) groups is 3. The Hall–Kier alpha value is -1.75. The van der Waals surface area contributed by atoms with Crippen LogP contribution in [0.4, 0.5) is 0 Å². The molecule has 0 saturated heterocycles. The Morgan fingerprint density at radius 1 is 1.05 bits per heavy atom. The van der Waals surface area contributed by atoms with Crippen LogP contribution in [0.3, 0.4) is 0 Å². The van der Waals surface area contributed by atoms with E-state index >= 15 is 0 Å². The summed E-state index contributed by atoms with van der Waals surface area (Å²) in [4.78, 5) is 32.9. The molecule has 0 aliphatic heterocycles. The van der Waals surface area contributed by atoms with Gasteiger partial charge in [-0.15, -0.1) is 0 Å². The fourth-order valence-electron chi connectivity index (χ4n) is 1.44. The first-order chi connectivity index (χ1) is 8.88. The normalized spacial score (nSPS) is 12.3. The molecule has 0 bridgehead atoms. The van der Waals surface area contributed by atoms with E-state index in [-0.39, 0.29) is 23.8 Å². The summed E-state index contributed by atoms with van der Waals surface area (Å²) in [5.74, 6) is -2.98. The average molecular weight is 311 g/mol. The predicted octanol–water partition coefficient (Wildman–Crippen LogP) is -2.77. The van der Waals surface area contributed by atoms with E-state index in [9.17, 15) is 14.4 Å². The lowest BCUT2D eigenvalue weighted by Gasteiger charge is -2.17. The van der Waals surface area contributed by atoms with Crippen LogP contribution in [0, 0.1) is 0 Å². The smallest absolute Gasteiger partial charge is 0.326 e. The lowest BCUT2D eigenvalue weighted by Crippen LogP contribution is -2.48. The Morgan fingerprint density at radius 2 is 1.62 bits per heavy atom. The Morgan fingerprint density at radius 3 is 2.05 bits per heavy atom. The van der Waals surface area contributed by atoms with Crippen molar-refractivity contribution in [1.82, 2.24) is 5.32 Å². The maximum atomic E-state index is 11.6. The summed E-state index contributed by atoms with van der Waals surface area (Å²) < 4.78 is 0. The Balaban J connectivity index is -0.00000162. The molecule has 0 aromatic carbocycles. The molecule has 10 heteroatoms. The summed E-state index contributed by atoms with van der Waals surface area (Å²) in [7, 11) is 0. The number of nitrogens with two attached hydrogens (primary N) is 2. The lowest BCUT2D eigenvalue weighted by molar-refractivity contribution is -0.143. The minimum atomic E-state index is -1.27. The maximum absolute atomic E-state index is 11.6. The second-order valence-electron chi connectivity index (χ2n) is 4.22. The summed E-state index contributed by atoms with van der Waals surface area (Å²) >= 11 is 0. The number of hydrogen-bond donors (Lipinski definition) is 5. The van der Waals surface area contributed by atoms with Gasteiger partial charge < -0.3 is 37.9 Å². The number of carboxylic acid groups (broad SMARTS) is 2. The molecule has 21 heavy (non-hydrogen) atoms. The van der Waals surface area contributed by atoms with Crippen LogP contribution in [-0.4, -0.2) is 57.6 Å². The number of amides is 1. The van der Waals surface area contributed by atoms with Gasteiger partial charge in [0.05, 0.1) is 6.04 Å². The highest BCUT2D eigenvalue weighted by Gasteiger charge is 2.23. The van der Waals surface area contributed by atoms with Crippen molar-refractivity contribution in [3.05, 3.63) is 0 Å². The third kappa shape index (κ3) is 11.8. The minimum absolute atomic E-state index is 0. The first-order valence-electron chi connectivity index (χ1n) is 6.09. The molecule has 126 valence electrons. The SMILES string of the molecule is NCCCC[C@H](N)C(=O)N[C@@H](CCC(=O)O)C(=O)O.O.O. The molecule has 0 spiro atoms. The Labute approximate surface area is 122 Å². The van der Waals surface area contributed by atoms with Crippen LogP contribution in [0.15, 0.2) is 0 Å². The van der Waals surface area contributed by atoms with Crippen LogP contribution in [0.25, 0.3) is 0 Å². The molecule has 0 aliphatic rings. The van der Waals surface area contributed by atoms with Gasteiger partial charge in [0.1, 0.15) is 6.04 Å². The third-order valence-corrected chi connectivity index (χ3v) is 2.57. The van der Waals surface area contributed by atoms with Gasteiger partial charge in [0.15, 0.2) is 0 Å². The molecule has 0 rings (SSSR count). The maximum Gasteiger partial charge on any atom is 0.326 e. The molecule has 0 aromatic rings. The van der Waals surface area contributed by atoms with Crippen molar-refractivity contribution in [2.75, 3.05) is 6.54 Å². The van der Waals surface area contributed by atoms with Gasteiger partial charge in [-0.2, -0.15) is 0 Å². The van der Waals surface area contributed by atoms with Crippen molar-refractivity contribution in [3.8, 4) is 0 Å². The number of carbonyl (C=O) groups excluding carboxylic acids is 1. The number of unbranched alkanes of at least 4 members (excludes halogenated alkanes) is 1. The van der Waals surface area contributed by atoms with E-state index in [1.807, 2.05) is 0 Å². The van der Waals surface area contributed by atoms with E-state index in [1.165, 1.54) is 0 Å². The topological polar surface area (TPSA) is 219 Å². The molecule has 0 radical (unpaired) electrons. The highest BCUT2D eigenvalue weighted by atomic mass is 16.4. The fraction of sp³-hybridized carbons (Fsp3) is 0.727. The number of carboxylic acids is 2. The van der Waals surface area contributed by atoms with Gasteiger partial charge in [0.25, 0.3) is 0 Å². The summed E-state index contributed by atoms with van der Waals surface area (Å²) in [6.07, 6.45) is 1.32. The molecule has 2 atom stereocenters. The minimum Gasteiger partial charge on any atom is -0.481 e. The number of aliphatic carboxylic acids is 2. The third-order valence-electron chi connectivity index (χ3n) is 2.57. The summed E-state index contributed by atoms with van der Waals surface area (Å²) in [5, 5.41) is 19.6. The van der Waals surface area contributed by atoms with Gasteiger partial charge in [-0.25, -0.2) is 4.79 Å². The van der Waals surface area contributed by atoms with Crippen LogP contribution in [-0.2, 0) is 14.4 Å². The zero-order valence-corrected chi connectivity index (χ0v) is 11.7. The van der Waals surface area contributed by atoms with Gasteiger partial charge >= 0.3 is 11.9 Å². The van der Waals surface area contributed by atoms with Gasteiger partial charge in [-0.1, -0.05) is 6.42 Å². The quantitative estimate of drug-likeness (QED) is 0.267. The van der Waals surface area contributed by atoms with Gasteiger partial charge in [-0.05, 0) is 25.8 Å². The zero-order valence-electron chi connectivity index (χ0n) is 11.7. The molecule has 0 aromatic heterocycles. The van der Waals surface area contributed by atoms with Crippen LogP contribution < -0.4 is 16.8 Å². The van der Waals surface area contributed by atoms with Gasteiger partial charge in [-0.3, -0.25) is 9.59 Å². The van der Waals surface area contributed by atoms with Crippen LogP contribution in [0.2, 0.25) is 0 Å². The van der Waals surface area contributed by atoms with Gasteiger partial charge in [0.2, 0.25) is 5.91 Å². The number of rotatable bonds is 10. The van der Waals surface area contributed by atoms with E-state index in [0.717, 1.165) is 6.42 Å². The fourth-order valence-corrected chi connectivity index (χ4v) is 1.44. The van der Waals surface area contributed by atoms with E-state index < -0.39 is 29.9 Å². The number of nitrogens with one attached hydrogen (secondary N) is 1. The monoisotopic (exact) mass is 311 g/mol. The second kappa shape index (κ2) is 13.2. The van der Waals surface area contributed by atoms with E-state index in [1.54, 1.807) is 0 Å². The van der Waals surface area contributed by atoms with Crippen molar-refractivity contribution in [3.63, 3.8) is 0 Å². The largest absolute Gasteiger partial charge is 0.481 e. The summed E-state index contributed by atoms with van der Waals surface area (Å²) in [6.45, 7) is 0.505. The zero-order chi connectivity index (χ0) is 14.8. The molecule has 1 amide bonds. The van der Waals surface area contributed by atoms with E-state index in [4.69, 9.17) is 21.7 Å². The molecule has 0 saturated carbocycles. The van der Waals surface area contributed by atoms with Crippen LogP contribution in [0.5, 0.6) is 0 Å². The molecule has 0 unspecified atom stereocenters. The second-order valence-corrected chi connectivity index (χ2v) is 4.22. The average Bonchev–Trinajstić information content (AvgIpc) is 2.33. The highest BCUT2D eigenvalue weighted by molar-refractivity contribution is 5.87. The molecule has 0 fully saturated rings.